The predicted octanol–water partition coefficient (Wildman–Crippen LogP) is 3.02. The van der Waals surface area contributed by atoms with Crippen LogP contribution in [0.5, 0.6) is 0 Å². The largest absolute Gasteiger partial charge is 0.360 e. The Labute approximate surface area is 162 Å². The quantitative estimate of drug-likeness (QED) is 0.821. The van der Waals surface area contributed by atoms with Gasteiger partial charge in [0.15, 0.2) is 5.76 Å². The molecule has 1 amide bonds. The molecule has 0 aromatic carbocycles. The lowest BCUT2D eigenvalue weighted by Gasteiger charge is -2.36. The molecule has 154 valence electrons. The van der Waals surface area contributed by atoms with Crippen LogP contribution >= 0.6 is 0 Å². The molecule has 1 fully saturated rings. The molecule has 0 spiro atoms. The van der Waals surface area contributed by atoms with Crippen molar-refractivity contribution in [2.45, 2.75) is 78.2 Å². The van der Waals surface area contributed by atoms with Crippen molar-refractivity contribution < 1.29 is 17.7 Å². The molecule has 2 heterocycles. The summed E-state index contributed by atoms with van der Waals surface area (Å²) in [4.78, 5) is 12.8. The summed E-state index contributed by atoms with van der Waals surface area (Å²) >= 11 is 0. The van der Waals surface area contributed by atoms with Crippen LogP contribution in [0.1, 0.15) is 65.3 Å². The first-order valence-corrected chi connectivity index (χ1v) is 10.9. The van der Waals surface area contributed by atoms with Gasteiger partial charge in [-0.1, -0.05) is 25.9 Å². The molecule has 0 saturated carbocycles. The number of aryl methyl sites for hydroxylation is 2. The predicted molar refractivity (Wildman–Crippen MR) is 104 cm³/mol. The van der Waals surface area contributed by atoms with Crippen LogP contribution in [0.25, 0.3) is 0 Å². The van der Waals surface area contributed by atoms with Crippen molar-refractivity contribution in [3.63, 3.8) is 0 Å². The van der Waals surface area contributed by atoms with Gasteiger partial charge >= 0.3 is 0 Å². The third kappa shape index (κ3) is 5.31. The maximum atomic E-state index is 12.9. The SMILES string of the molecule is Cc1noc(C)c1S(=O)(=O)N1CCC(C(=O)NC(C)(C)CC(C)(C)C)CC1. The van der Waals surface area contributed by atoms with Crippen molar-refractivity contribution in [1.82, 2.24) is 14.8 Å². The van der Waals surface area contributed by atoms with E-state index in [4.69, 9.17) is 4.52 Å². The van der Waals surface area contributed by atoms with Crippen LogP contribution in [0, 0.1) is 25.2 Å². The Balaban J connectivity index is 2.00. The molecule has 27 heavy (non-hydrogen) atoms. The minimum atomic E-state index is -3.64. The molecule has 0 atom stereocenters. The number of aromatic nitrogens is 1. The van der Waals surface area contributed by atoms with Gasteiger partial charge < -0.3 is 9.84 Å². The number of rotatable bonds is 5. The minimum Gasteiger partial charge on any atom is -0.360 e. The van der Waals surface area contributed by atoms with E-state index in [-0.39, 0.29) is 27.7 Å². The lowest BCUT2D eigenvalue weighted by atomic mass is 9.81. The first-order chi connectivity index (χ1) is 12.2. The molecular weight excluding hydrogens is 366 g/mol. The van der Waals surface area contributed by atoms with Gasteiger partial charge in [0.2, 0.25) is 15.9 Å². The van der Waals surface area contributed by atoms with Gasteiger partial charge in [-0.15, -0.1) is 0 Å². The van der Waals surface area contributed by atoms with E-state index in [1.165, 1.54) is 4.31 Å². The number of sulfonamides is 1. The fourth-order valence-corrected chi connectivity index (χ4v) is 5.90. The Morgan fingerprint density at radius 2 is 1.74 bits per heavy atom. The number of carbonyl (C=O) groups is 1. The van der Waals surface area contributed by atoms with Gasteiger partial charge in [0.05, 0.1) is 0 Å². The summed E-state index contributed by atoms with van der Waals surface area (Å²) < 4.78 is 32.2. The summed E-state index contributed by atoms with van der Waals surface area (Å²) in [7, 11) is -3.64. The van der Waals surface area contributed by atoms with Crippen molar-refractivity contribution in [1.29, 1.82) is 0 Å². The zero-order valence-corrected chi connectivity index (χ0v) is 18.4. The number of nitrogens with zero attached hydrogens (tertiary/aromatic N) is 2. The fraction of sp³-hybridized carbons (Fsp3) is 0.789. The highest BCUT2D eigenvalue weighted by Crippen LogP contribution is 2.30. The third-order valence-electron chi connectivity index (χ3n) is 4.82. The molecule has 1 N–H and O–H groups in total. The van der Waals surface area contributed by atoms with Crippen molar-refractivity contribution in [3.8, 4) is 0 Å². The summed E-state index contributed by atoms with van der Waals surface area (Å²) in [5.74, 6) is 0.148. The van der Waals surface area contributed by atoms with E-state index < -0.39 is 10.0 Å². The molecule has 1 aliphatic heterocycles. The number of carbonyl (C=O) groups excluding carboxylic acids is 1. The molecule has 0 radical (unpaired) electrons. The Morgan fingerprint density at radius 3 is 2.19 bits per heavy atom. The number of hydrogen-bond donors (Lipinski definition) is 1. The normalized spacial score (nSPS) is 17.9. The van der Waals surface area contributed by atoms with Gasteiger partial charge in [0, 0.05) is 24.5 Å². The van der Waals surface area contributed by atoms with Crippen LogP contribution in [0.4, 0.5) is 0 Å². The molecule has 2 rings (SSSR count). The number of piperidine rings is 1. The molecule has 1 aromatic rings. The van der Waals surface area contributed by atoms with Crippen LogP contribution in [-0.4, -0.2) is 42.4 Å². The lowest BCUT2D eigenvalue weighted by Crippen LogP contribution is -2.50. The van der Waals surface area contributed by atoms with Gasteiger partial charge in [-0.2, -0.15) is 4.31 Å². The number of nitrogens with one attached hydrogen (secondary N) is 1. The van der Waals surface area contributed by atoms with Crippen LogP contribution in [0.15, 0.2) is 9.42 Å². The molecule has 7 nitrogen and oxygen atoms in total. The highest BCUT2D eigenvalue weighted by atomic mass is 32.2. The van der Waals surface area contributed by atoms with Crippen molar-refractivity contribution in [2.75, 3.05) is 13.1 Å². The number of hydrogen-bond acceptors (Lipinski definition) is 5. The average Bonchev–Trinajstić information content (AvgIpc) is 2.84. The Morgan fingerprint density at radius 1 is 1.19 bits per heavy atom. The zero-order valence-electron chi connectivity index (χ0n) is 17.5. The molecule has 0 aliphatic carbocycles. The van der Waals surface area contributed by atoms with Crippen LogP contribution < -0.4 is 5.32 Å². The molecule has 1 saturated heterocycles. The minimum absolute atomic E-state index is 0.0126. The van der Waals surface area contributed by atoms with E-state index in [1.54, 1.807) is 13.8 Å². The third-order valence-corrected chi connectivity index (χ3v) is 6.97. The average molecular weight is 400 g/mol. The molecular formula is C19H33N3O4S. The van der Waals surface area contributed by atoms with E-state index >= 15 is 0 Å². The van der Waals surface area contributed by atoms with Crippen LogP contribution in [0.3, 0.4) is 0 Å². The summed E-state index contributed by atoms with van der Waals surface area (Å²) in [5.41, 5.74) is 0.189. The van der Waals surface area contributed by atoms with Gasteiger partial charge in [0.1, 0.15) is 10.6 Å². The Hall–Kier alpha value is -1.41. The van der Waals surface area contributed by atoms with Crippen molar-refractivity contribution in [2.24, 2.45) is 11.3 Å². The summed E-state index contributed by atoms with van der Waals surface area (Å²) in [6, 6.07) is 0. The lowest BCUT2D eigenvalue weighted by molar-refractivity contribution is -0.128. The van der Waals surface area contributed by atoms with Crippen LogP contribution in [-0.2, 0) is 14.8 Å². The van der Waals surface area contributed by atoms with Gasteiger partial charge in [-0.05, 0) is 52.4 Å². The maximum absolute atomic E-state index is 12.9. The second-order valence-corrected chi connectivity index (χ2v) is 11.3. The smallest absolute Gasteiger partial charge is 0.248 e. The first kappa shape index (κ1) is 21.9. The van der Waals surface area contributed by atoms with E-state index in [9.17, 15) is 13.2 Å². The second kappa shape index (κ2) is 7.54. The van der Waals surface area contributed by atoms with Gasteiger partial charge in [-0.25, -0.2) is 8.42 Å². The highest BCUT2D eigenvalue weighted by molar-refractivity contribution is 7.89. The summed E-state index contributed by atoms with van der Waals surface area (Å²) in [6.07, 6.45) is 1.89. The van der Waals surface area contributed by atoms with Crippen LogP contribution in [0.2, 0.25) is 0 Å². The molecule has 1 aliphatic rings. The molecule has 8 heteroatoms. The fourth-order valence-electron chi connectivity index (χ4n) is 4.14. The monoisotopic (exact) mass is 399 g/mol. The van der Waals surface area contributed by atoms with Gasteiger partial charge in [-0.3, -0.25) is 4.79 Å². The standard InChI is InChI=1S/C19H33N3O4S/c1-13-16(14(2)26-21-13)27(24,25)22-10-8-15(9-11-22)17(23)20-19(6,7)12-18(3,4)5/h15H,8-12H2,1-7H3,(H,20,23). The Kier molecular flexibility index (Phi) is 6.11. The highest BCUT2D eigenvalue weighted by Gasteiger charge is 2.36. The molecule has 0 unspecified atom stereocenters. The molecule has 0 bridgehead atoms. The van der Waals surface area contributed by atoms with E-state index in [2.05, 4.69) is 31.2 Å². The van der Waals surface area contributed by atoms with E-state index in [0.29, 0.717) is 37.4 Å². The topological polar surface area (TPSA) is 92.5 Å². The summed E-state index contributed by atoms with van der Waals surface area (Å²) in [5, 5.41) is 6.89. The first-order valence-electron chi connectivity index (χ1n) is 9.48. The van der Waals surface area contributed by atoms with E-state index in [1.807, 2.05) is 13.8 Å². The van der Waals surface area contributed by atoms with E-state index in [0.717, 1.165) is 6.42 Å². The molecule has 1 aromatic heterocycles. The van der Waals surface area contributed by atoms with Gasteiger partial charge in [0.25, 0.3) is 0 Å². The summed E-state index contributed by atoms with van der Waals surface area (Å²) in [6.45, 7) is 14.4. The second-order valence-electron chi connectivity index (χ2n) is 9.44. The maximum Gasteiger partial charge on any atom is 0.248 e. The van der Waals surface area contributed by atoms with Crippen molar-refractivity contribution >= 4 is 15.9 Å². The Bertz CT molecular complexity index is 763. The zero-order chi connectivity index (χ0) is 20.6. The van der Waals surface area contributed by atoms with Crippen molar-refractivity contribution in [3.05, 3.63) is 11.5 Å². The number of amides is 1.